The normalized spacial score (nSPS) is 18.9. The summed E-state index contributed by atoms with van der Waals surface area (Å²) in [7, 11) is 1.84. The van der Waals surface area contributed by atoms with Crippen molar-refractivity contribution in [2.24, 2.45) is 13.0 Å². The third-order valence-corrected chi connectivity index (χ3v) is 4.25. The maximum Gasteiger partial charge on any atom is 0.392 e. The van der Waals surface area contributed by atoms with Crippen molar-refractivity contribution in [2.75, 3.05) is 0 Å². The summed E-state index contributed by atoms with van der Waals surface area (Å²) in [6.07, 6.45) is -3.66. The van der Waals surface area contributed by atoms with Crippen LogP contribution < -0.4 is 0 Å². The Morgan fingerprint density at radius 2 is 2.00 bits per heavy atom. The SMILES string of the molecule is Cc1nn(C)c(C)c1-c1nc2c([nH]1)CC(C(F)(F)F)CC2. The summed E-state index contributed by atoms with van der Waals surface area (Å²) in [6, 6.07) is 0. The molecule has 0 spiro atoms. The third kappa shape index (κ3) is 2.34. The molecule has 0 radical (unpaired) electrons. The zero-order chi connectivity index (χ0) is 15.4. The molecule has 0 saturated heterocycles. The van der Waals surface area contributed by atoms with Crippen LogP contribution >= 0.6 is 0 Å². The Balaban J connectivity index is 1.97. The molecule has 1 aliphatic rings. The molecule has 0 saturated carbocycles. The van der Waals surface area contributed by atoms with Crippen LogP contribution in [0.3, 0.4) is 0 Å². The Morgan fingerprint density at radius 1 is 1.29 bits per heavy atom. The Morgan fingerprint density at radius 3 is 2.57 bits per heavy atom. The molecular weight excluding hydrogens is 281 g/mol. The van der Waals surface area contributed by atoms with Crippen LogP contribution in [0.15, 0.2) is 0 Å². The third-order valence-electron chi connectivity index (χ3n) is 4.25. The van der Waals surface area contributed by atoms with Crippen LogP contribution in [0.2, 0.25) is 0 Å². The highest BCUT2D eigenvalue weighted by molar-refractivity contribution is 5.62. The molecule has 114 valence electrons. The van der Waals surface area contributed by atoms with Crippen LogP contribution in [-0.2, 0) is 19.9 Å². The molecule has 21 heavy (non-hydrogen) atoms. The van der Waals surface area contributed by atoms with Gasteiger partial charge in [0.2, 0.25) is 0 Å². The molecule has 1 unspecified atom stereocenters. The summed E-state index contributed by atoms with van der Waals surface area (Å²) in [5, 5.41) is 4.32. The predicted octanol–water partition coefficient (Wildman–Crippen LogP) is 3.09. The fraction of sp³-hybridized carbons (Fsp3) is 0.571. The fourth-order valence-electron chi connectivity index (χ4n) is 2.99. The van der Waals surface area contributed by atoms with Crippen LogP contribution in [0.25, 0.3) is 11.4 Å². The van der Waals surface area contributed by atoms with Crippen LogP contribution in [0.5, 0.6) is 0 Å². The second-order valence-electron chi connectivity index (χ2n) is 5.66. The number of H-pyrrole nitrogens is 1. The lowest BCUT2D eigenvalue weighted by Crippen LogP contribution is -2.28. The number of aromatic amines is 1. The van der Waals surface area contributed by atoms with Crippen molar-refractivity contribution in [2.45, 2.75) is 39.3 Å². The van der Waals surface area contributed by atoms with Gasteiger partial charge in [0.1, 0.15) is 5.82 Å². The van der Waals surface area contributed by atoms with Crippen LogP contribution in [-0.4, -0.2) is 25.9 Å². The zero-order valence-electron chi connectivity index (χ0n) is 12.2. The highest BCUT2D eigenvalue weighted by Crippen LogP contribution is 2.37. The number of imidazole rings is 1. The van der Waals surface area contributed by atoms with Gasteiger partial charge in [0.25, 0.3) is 0 Å². The van der Waals surface area contributed by atoms with E-state index in [2.05, 4.69) is 15.1 Å². The second-order valence-corrected chi connectivity index (χ2v) is 5.66. The first kappa shape index (κ1) is 14.2. The van der Waals surface area contributed by atoms with Gasteiger partial charge in [-0.1, -0.05) is 0 Å². The molecular formula is C14H17F3N4. The lowest BCUT2D eigenvalue weighted by molar-refractivity contribution is -0.177. The van der Waals surface area contributed by atoms with E-state index in [1.165, 1.54) is 0 Å². The van der Waals surface area contributed by atoms with Gasteiger partial charge >= 0.3 is 6.18 Å². The molecule has 1 N–H and O–H groups in total. The predicted molar refractivity (Wildman–Crippen MR) is 71.8 cm³/mol. The standard InChI is InChI=1S/C14H17F3N4/c1-7-12(8(2)21(3)20-7)13-18-10-5-4-9(14(15,16)17)6-11(10)19-13/h9H,4-6H2,1-3H3,(H,18,19). The van der Waals surface area contributed by atoms with Gasteiger partial charge in [-0.15, -0.1) is 0 Å². The first-order chi connectivity index (χ1) is 9.77. The van der Waals surface area contributed by atoms with E-state index >= 15 is 0 Å². The number of hydrogen-bond acceptors (Lipinski definition) is 2. The van der Waals surface area contributed by atoms with Crippen molar-refractivity contribution < 1.29 is 13.2 Å². The molecule has 2 heterocycles. The lowest BCUT2D eigenvalue weighted by Gasteiger charge is -2.23. The van der Waals surface area contributed by atoms with Gasteiger partial charge in [-0.05, 0) is 26.7 Å². The van der Waals surface area contributed by atoms with E-state index in [4.69, 9.17) is 0 Å². The molecule has 1 aliphatic carbocycles. The van der Waals surface area contributed by atoms with E-state index in [0.29, 0.717) is 17.9 Å². The summed E-state index contributed by atoms with van der Waals surface area (Å²) >= 11 is 0. The Labute approximate surface area is 120 Å². The molecule has 4 nitrogen and oxygen atoms in total. The number of alkyl halides is 3. The molecule has 0 bridgehead atoms. The zero-order valence-corrected chi connectivity index (χ0v) is 12.2. The van der Waals surface area contributed by atoms with Crippen LogP contribution in [0.4, 0.5) is 13.2 Å². The van der Waals surface area contributed by atoms with Crippen molar-refractivity contribution in [3.63, 3.8) is 0 Å². The van der Waals surface area contributed by atoms with Gasteiger partial charge < -0.3 is 4.98 Å². The summed E-state index contributed by atoms with van der Waals surface area (Å²) in [4.78, 5) is 7.58. The van der Waals surface area contributed by atoms with E-state index in [1.807, 2.05) is 20.9 Å². The van der Waals surface area contributed by atoms with E-state index in [0.717, 1.165) is 22.6 Å². The quantitative estimate of drug-likeness (QED) is 0.879. The lowest BCUT2D eigenvalue weighted by atomic mass is 9.89. The summed E-state index contributed by atoms with van der Waals surface area (Å²) < 4.78 is 40.3. The molecule has 3 rings (SSSR count). The van der Waals surface area contributed by atoms with Gasteiger partial charge in [-0.25, -0.2) is 4.98 Å². The van der Waals surface area contributed by atoms with E-state index in [1.54, 1.807) is 4.68 Å². The van der Waals surface area contributed by atoms with Crippen molar-refractivity contribution in [1.82, 2.24) is 19.7 Å². The Bertz CT molecular complexity index is 681. The van der Waals surface area contributed by atoms with Gasteiger partial charge in [0.05, 0.1) is 22.9 Å². The molecule has 0 aromatic carbocycles. The number of nitrogens with zero attached hydrogens (tertiary/aromatic N) is 3. The summed E-state index contributed by atoms with van der Waals surface area (Å²) in [5.41, 5.74) is 4.03. The largest absolute Gasteiger partial charge is 0.392 e. The van der Waals surface area contributed by atoms with Crippen molar-refractivity contribution in [3.05, 3.63) is 22.8 Å². The number of halogens is 3. The number of hydrogen-bond donors (Lipinski definition) is 1. The monoisotopic (exact) mass is 298 g/mol. The first-order valence-electron chi connectivity index (χ1n) is 6.92. The Hall–Kier alpha value is -1.79. The molecule has 0 amide bonds. The van der Waals surface area contributed by atoms with Gasteiger partial charge in [-0.2, -0.15) is 18.3 Å². The molecule has 0 fully saturated rings. The van der Waals surface area contributed by atoms with E-state index < -0.39 is 12.1 Å². The average Bonchev–Trinajstić information content (AvgIpc) is 2.89. The number of fused-ring (bicyclic) bond motifs is 1. The van der Waals surface area contributed by atoms with E-state index in [-0.39, 0.29) is 12.8 Å². The smallest absolute Gasteiger partial charge is 0.341 e. The highest BCUT2D eigenvalue weighted by atomic mass is 19.4. The number of rotatable bonds is 1. The molecule has 7 heteroatoms. The average molecular weight is 298 g/mol. The van der Waals surface area contributed by atoms with Gasteiger partial charge in [0, 0.05) is 24.9 Å². The number of aryl methyl sites for hydroxylation is 3. The van der Waals surface area contributed by atoms with Gasteiger partial charge in [-0.3, -0.25) is 4.68 Å². The highest BCUT2D eigenvalue weighted by Gasteiger charge is 2.42. The maximum absolute atomic E-state index is 12.8. The second kappa shape index (κ2) is 4.61. The van der Waals surface area contributed by atoms with Crippen LogP contribution in [0.1, 0.15) is 29.2 Å². The fourth-order valence-corrected chi connectivity index (χ4v) is 2.99. The summed E-state index contributed by atoms with van der Waals surface area (Å²) in [6.45, 7) is 3.80. The topological polar surface area (TPSA) is 46.5 Å². The van der Waals surface area contributed by atoms with Gasteiger partial charge in [0.15, 0.2) is 0 Å². The van der Waals surface area contributed by atoms with Crippen molar-refractivity contribution in [1.29, 1.82) is 0 Å². The Kier molecular flexibility index (Phi) is 3.11. The minimum absolute atomic E-state index is 0.00973. The molecule has 2 aromatic rings. The molecule has 0 aliphatic heterocycles. The molecule has 2 aromatic heterocycles. The van der Waals surface area contributed by atoms with E-state index in [9.17, 15) is 13.2 Å². The number of nitrogens with one attached hydrogen (secondary N) is 1. The van der Waals surface area contributed by atoms with Crippen LogP contribution in [0, 0.1) is 19.8 Å². The minimum atomic E-state index is -4.14. The number of aromatic nitrogens is 4. The van der Waals surface area contributed by atoms with Crippen molar-refractivity contribution >= 4 is 0 Å². The summed E-state index contributed by atoms with van der Waals surface area (Å²) in [5.74, 6) is -0.639. The first-order valence-corrected chi connectivity index (χ1v) is 6.92. The van der Waals surface area contributed by atoms with Crippen molar-refractivity contribution in [3.8, 4) is 11.4 Å². The molecule has 1 atom stereocenters. The minimum Gasteiger partial charge on any atom is -0.341 e. The maximum atomic E-state index is 12.8.